The van der Waals surface area contributed by atoms with Gasteiger partial charge in [0.15, 0.2) is 0 Å². The highest BCUT2D eigenvalue weighted by Gasteiger charge is 1.93. The molecule has 0 fully saturated rings. The number of rotatable bonds is 1. The first-order valence-corrected chi connectivity index (χ1v) is 3.85. The van der Waals surface area contributed by atoms with Crippen LogP contribution in [0, 0.1) is 0 Å². The molecule has 0 unspecified atom stereocenters. The first-order valence-electron chi connectivity index (χ1n) is 4.35. The summed E-state index contributed by atoms with van der Waals surface area (Å²) >= 11 is 0. The summed E-state index contributed by atoms with van der Waals surface area (Å²) in [6, 6.07) is 12.1. The van der Waals surface area contributed by atoms with Crippen LogP contribution in [-0.2, 0) is 0 Å². The number of hydrogen-bond donors (Lipinski definition) is 0. The second kappa shape index (κ2) is 2.86. The minimum Gasteiger partial charge on any atom is -0.497 e. The lowest BCUT2D eigenvalue weighted by Crippen LogP contribution is -1.81. The molecule has 2 rings (SSSR count). The zero-order valence-electron chi connectivity index (χ0n) is 7.87. The highest BCUT2D eigenvalue weighted by molar-refractivity contribution is 5.83. The predicted octanol–water partition coefficient (Wildman–Crippen LogP) is 2.85. The Bertz CT molecular complexity index is 437. The molecule has 60 valence electrons. The van der Waals surface area contributed by atoms with Crippen LogP contribution >= 0.6 is 0 Å². The fourth-order valence-electron chi connectivity index (χ4n) is 1.22. The molecule has 12 heavy (non-hydrogen) atoms. The SMILES string of the molecule is [2H]c1c(OC)ccc2ccccc12. The highest BCUT2D eigenvalue weighted by Crippen LogP contribution is 2.19. The maximum atomic E-state index is 7.81. The largest absolute Gasteiger partial charge is 0.497 e. The van der Waals surface area contributed by atoms with E-state index in [-0.39, 0.29) is 0 Å². The molecule has 0 heterocycles. The van der Waals surface area contributed by atoms with Crippen molar-refractivity contribution in [3.05, 3.63) is 42.4 Å². The Morgan fingerprint density at radius 3 is 2.58 bits per heavy atom. The van der Waals surface area contributed by atoms with Crippen LogP contribution in [0.1, 0.15) is 1.37 Å². The third-order valence-electron chi connectivity index (χ3n) is 1.85. The molecule has 0 bridgehead atoms. The van der Waals surface area contributed by atoms with Crippen molar-refractivity contribution < 1.29 is 6.11 Å². The maximum Gasteiger partial charge on any atom is 0.119 e. The van der Waals surface area contributed by atoms with Gasteiger partial charge in [-0.1, -0.05) is 30.3 Å². The van der Waals surface area contributed by atoms with E-state index in [0.717, 1.165) is 10.8 Å². The van der Waals surface area contributed by atoms with Crippen LogP contribution < -0.4 is 4.74 Å². The van der Waals surface area contributed by atoms with E-state index in [9.17, 15) is 0 Å². The van der Waals surface area contributed by atoms with E-state index < -0.39 is 0 Å². The Labute approximate surface area is 73.0 Å². The standard InChI is InChI=1S/C11H10O/c1-12-11-7-6-9-4-2-3-5-10(9)8-11/h2-8H,1H3/i8D. The Balaban J connectivity index is 2.79. The van der Waals surface area contributed by atoms with E-state index in [0.29, 0.717) is 11.8 Å². The molecule has 2 aromatic carbocycles. The average molecular weight is 159 g/mol. The summed E-state index contributed by atoms with van der Waals surface area (Å²) in [5, 5.41) is 2.01. The number of benzene rings is 2. The zero-order valence-corrected chi connectivity index (χ0v) is 6.87. The highest BCUT2D eigenvalue weighted by atomic mass is 16.5. The second-order valence-corrected chi connectivity index (χ2v) is 2.61. The minimum absolute atomic E-state index is 0.459. The van der Waals surface area contributed by atoms with E-state index in [4.69, 9.17) is 6.11 Å². The van der Waals surface area contributed by atoms with Gasteiger partial charge in [0.05, 0.1) is 8.48 Å². The van der Waals surface area contributed by atoms with Crippen molar-refractivity contribution in [3.63, 3.8) is 0 Å². The van der Waals surface area contributed by atoms with Gasteiger partial charge in [-0.15, -0.1) is 0 Å². The second-order valence-electron chi connectivity index (χ2n) is 2.61. The molecular weight excluding hydrogens is 148 g/mol. The van der Waals surface area contributed by atoms with Gasteiger partial charge in [0.1, 0.15) is 5.75 Å². The lowest BCUT2D eigenvalue weighted by atomic mass is 10.1. The van der Waals surface area contributed by atoms with Gasteiger partial charge in [-0.2, -0.15) is 0 Å². The molecule has 1 heteroatoms. The Kier molecular flexibility index (Phi) is 1.44. The van der Waals surface area contributed by atoms with Crippen molar-refractivity contribution in [2.45, 2.75) is 0 Å². The fourth-order valence-corrected chi connectivity index (χ4v) is 1.22. The third-order valence-corrected chi connectivity index (χ3v) is 1.85. The molecule has 0 radical (unpaired) electrons. The molecule has 0 saturated heterocycles. The van der Waals surface area contributed by atoms with Crippen molar-refractivity contribution in [2.24, 2.45) is 0 Å². The van der Waals surface area contributed by atoms with Gasteiger partial charge in [0.25, 0.3) is 0 Å². The van der Waals surface area contributed by atoms with Gasteiger partial charge >= 0.3 is 0 Å². The summed E-state index contributed by atoms with van der Waals surface area (Å²) in [6.07, 6.45) is 0. The van der Waals surface area contributed by atoms with E-state index in [1.54, 1.807) is 7.11 Å². The molecule has 0 saturated carbocycles. The predicted molar refractivity (Wildman–Crippen MR) is 50.5 cm³/mol. The van der Waals surface area contributed by atoms with Crippen LogP contribution in [0.2, 0.25) is 0 Å². The quantitative estimate of drug-likeness (QED) is 0.621. The lowest BCUT2D eigenvalue weighted by molar-refractivity contribution is 0.415. The first-order chi connectivity index (χ1) is 6.33. The van der Waals surface area contributed by atoms with Crippen LogP contribution in [-0.4, -0.2) is 7.11 Å². The number of ether oxygens (including phenoxy) is 1. The Hall–Kier alpha value is -1.50. The molecule has 0 aromatic heterocycles. The molecule has 0 amide bonds. The monoisotopic (exact) mass is 159 g/mol. The van der Waals surface area contributed by atoms with Crippen LogP contribution in [0.3, 0.4) is 0 Å². The summed E-state index contributed by atoms with van der Waals surface area (Å²) < 4.78 is 12.9. The topological polar surface area (TPSA) is 9.23 Å². The van der Waals surface area contributed by atoms with E-state index >= 15 is 0 Å². The first kappa shape index (κ1) is 6.06. The van der Waals surface area contributed by atoms with Crippen molar-refractivity contribution in [1.29, 1.82) is 0 Å². The Morgan fingerprint density at radius 1 is 1.08 bits per heavy atom. The summed E-state index contributed by atoms with van der Waals surface area (Å²) in [7, 11) is 1.59. The van der Waals surface area contributed by atoms with Gasteiger partial charge in [-0.3, -0.25) is 0 Å². The van der Waals surface area contributed by atoms with Gasteiger partial charge in [0, 0.05) is 0 Å². The van der Waals surface area contributed by atoms with E-state index in [1.807, 2.05) is 36.4 Å². The molecule has 2 aromatic rings. The number of hydrogen-bond acceptors (Lipinski definition) is 1. The van der Waals surface area contributed by atoms with E-state index in [2.05, 4.69) is 0 Å². The van der Waals surface area contributed by atoms with Crippen molar-refractivity contribution in [1.82, 2.24) is 0 Å². The number of methoxy groups -OCH3 is 1. The average Bonchev–Trinajstić information content (AvgIpc) is 2.19. The Morgan fingerprint density at radius 2 is 1.83 bits per heavy atom. The van der Waals surface area contributed by atoms with Crippen LogP contribution in [0.5, 0.6) is 5.75 Å². The summed E-state index contributed by atoms with van der Waals surface area (Å²) in [4.78, 5) is 0. The lowest BCUT2D eigenvalue weighted by Gasteiger charge is -2.00. The zero-order chi connectivity index (χ0) is 9.26. The summed E-state index contributed by atoms with van der Waals surface area (Å²) in [5.74, 6) is 0.624. The van der Waals surface area contributed by atoms with Crippen LogP contribution in [0.15, 0.2) is 42.4 Å². The summed E-state index contributed by atoms with van der Waals surface area (Å²) in [6.45, 7) is 0. The smallest absolute Gasteiger partial charge is 0.119 e. The molecule has 0 aliphatic carbocycles. The fraction of sp³-hybridized carbons (Fsp3) is 0.0909. The van der Waals surface area contributed by atoms with Crippen LogP contribution in [0.4, 0.5) is 0 Å². The molecule has 1 nitrogen and oxygen atoms in total. The van der Waals surface area contributed by atoms with Gasteiger partial charge < -0.3 is 4.74 Å². The van der Waals surface area contributed by atoms with Crippen molar-refractivity contribution >= 4 is 10.8 Å². The number of fused-ring (bicyclic) bond motifs is 1. The van der Waals surface area contributed by atoms with Gasteiger partial charge in [0.2, 0.25) is 0 Å². The third kappa shape index (κ3) is 1.14. The normalized spacial score (nSPS) is 11.2. The summed E-state index contributed by atoms with van der Waals surface area (Å²) in [5.41, 5.74) is 0. The van der Waals surface area contributed by atoms with Crippen LogP contribution in [0.25, 0.3) is 10.8 Å². The van der Waals surface area contributed by atoms with Crippen molar-refractivity contribution in [2.75, 3.05) is 7.11 Å². The van der Waals surface area contributed by atoms with Gasteiger partial charge in [-0.25, -0.2) is 0 Å². The molecule has 0 spiro atoms. The maximum absolute atomic E-state index is 7.81. The van der Waals surface area contributed by atoms with Crippen molar-refractivity contribution in [3.8, 4) is 5.75 Å². The molecule has 0 atom stereocenters. The van der Waals surface area contributed by atoms with Gasteiger partial charge in [-0.05, 0) is 22.9 Å². The molecule has 0 aliphatic rings. The minimum atomic E-state index is 0.459. The molecule has 0 aliphatic heterocycles. The molecule has 0 N–H and O–H groups in total. The molecular formula is C11H10O. The van der Waals surface area contributed by atoms with E-state index in [1.165, 1.54) is 0 Å².